The van der Waals surface area contributed by atoms with E-state index in [0.717, 1.165) is 28.5 Å². The van der Waals surface area contributed by atoms with Crippen LogP contribution in [0.3, 0.4) is 0 Å². The summed E-state index contributed by atoms with van der Waals surface area (Å²) < 4.78 is 18.9. The number of hydrogen-bond acceptors (Lipinski definition) is 3. The van der Waals surface area contributed by atoms with Crippen molar-refractivity contribution >= 4 is 46.7 Å². The van der Waals surface area contributed by atoms with Gasteiger partial charge in [0.15, 0.2) is 12.6 Å². The lowest BCUT2D eigenvalue weighted by molar-refractivity contribution is -0.122. The lowest BCUT2D eigenvalue weighted by Crippen LogP contribution is -2.37. The third kappa shape index (κ3) is 7.40. The molecule has 0 spiro atoms. The summed E-state index contributed by atoms with van der Waals surface area (Å²) in [6.07, 6.45) is 2.68. The van der Waals surface area contributed by atoms with Gasteiger partial charge in [-0.2, -0.15) is 0 Å². The second-order valence-corrected chi connectivity index (χ2v) is 7.00. The molecule has 9 heteroatoms. The minimum absolute atomic E-state index is 0. The van der Waals surface area contributed by atoms with E-state index in [1.807, 2.05) is 37.4 Å². The number of amides is 1. The van der Waals surface area contributed by atoms with Crippen molar-refractivity contribution in [2.45, 2.75) is 19.9 Å². The predicted octanol–water partition coefficient (Wildman–Crippen LogP) is 3.35. The molecular weight excluding hydrogens is 524 g/mol. The van der Waals surface area contributed by atoms with Gasteiger partial charge < -0.3 is 25.7 Å². The Balaban J connectivity index is 0.00000363. The number of nitrogens with zero attached hydrogens (tertiary/aromatic N) is 1. The summed E-state index contributed by atoms with van der Waals surface area (Å²) in [5.74, 6) is 0.932. The quantitative estimate of drug-likeness (QED) is 0.186. The first-order valence-electron chi connectivity index (χ1n) is 10.3. The Hall–Kier alpha value is -2.82. The Labute approximate surface area is 204 Å². The minimum Gasteiger partial charge on any atom is -0.484 e. The van der Waals surface area contributed by atoms with Gasteiger partial charge in [0.2, 0.25) is 0 Å². The van der Waals surface area contributed by atoms with Crippen molar-refractivity contribution in [3.05, 3.63) is 65.6 Å². The lowest BCUT2D eigenvalue weighted by atomic mass is 10.1. The molecule has 1 heterocycles. The maximum Gasteiger partial charge on any atom is 0.257 e. The number of likely N-dealkylation sites (N-methyl/N-ethyl adjacent to an activating group) is 1. The van der Waals surface area contributed by atoms with Crippen LogP contribution in [0.5, 0.6) is 5.75 Å². The van der Waals surface area contributed by atoms with Gasteiger partial charge in [-0.15, -0.1) is 24.0 Å². The number of fused-ring (bicyclic) bond motifs is 1. The molecule has 32 heavy (non-hydrogen) atoms. The number of carbonyl (C=O) groups excluding carboxylic acids is 1. The second-order valence-electron chi connectivity index (χ2n) is 7.00. The largest absolute Gasteiger partial charge is 0.484 e. The maximum absolute atomic E-state index is 13.3. The van der Waals surface area contributed by atoms with Gasteiger partial charge >= 0.3 is 0 Å². The van der Waals surface area contributed by atoms with Gasteiger partial charge in [0, 0.05) is 43.8 Å². The molecule has 0 saturated carbocycles. The third-order valence-corrected chi connectivity index (χ3v) is 4.74. The highest BCUT2D eigenvalue weighted by molar-refractivity contribution is 14.0. The zero-order valence-electron chi connectivity index (χ0n) is 18.2. The number of aliphatic imine (C=N–C) groups is 1. The van der Waals surface area contributed by atoms with Crippen molar-refractivity contribution in [3.8, 4) is 5.75 Å². The lowest BCUT2D eigenvalue weighted by Gasteiger charge is -2.13. The highest BCUT2D eigenvalue weighted by atomic mass is 127. The van der Waals surface area contributed by atoms with Gasteiger partial charge in [0.1, 0.15) is 11.6 Å². The van der Waals surface area contributed by atoms with Gasteiger partial charge in [-0.25, -0.2) is 4.39 Å². The fourth-order valence-corrected chi connectivity index (χ4v) is 3.23. The van der Waals surface area contributed by atoms with Crippen LogP contribution in [0.25, 0.3) is 10.9 Å². The van der Waals surface area contributed by atoms with E-state index < -0.39 is 0 Å². The van der Waals surface area contributed by atoms with E-state index >= 15 is 0 Å². The smallest absolute Gasteiger partial charge is 0.257 e. The van der Waals surface area contributed by atoms with Crippen LogP contribution in [-0.4, -0.2) is 43.6 Å². The summed E-state index contributed by atoms with van der Waals surface area (Å²) in [4.78, 5) is 18.9. The number of aromatic amines is 1. The van der Waals surface area contributed by atoms with Crippen molar-refractivity contribution in [2.24, 2.45) is 4.99 Å². The standard InChI is InChI=1S/C23H28FN5O2.HI/c1-3-26-22(30)15-31-19-6-4-5-16(11-19)13-29-23(25-2)27-10-9-17-14-28-21-12-18(24)7-8-20(17)21;/h4-8,11-12,14,28H,3,9-10,13,15H2,1-2H3,(H,26,30)(H2,25,27,29);1H. The average molecular weight is 553 g/mol. The number of benzene rings is 2. The number of rotatable bonds is 9. The van der Waals surface area contributed by atoms with Crippen molar-refractivity contribution in [1.29, 1.82) is 0 Å². The van der Waals surface area contributed by atoms with E-state index in [1.54, 1.807) is 13.1 Å². The Morgan fingerprint density at radius 2 is 2.00 bits per heavy atom. The SMILES string of the molecule is CCNC(=O)COc1cccc(CNC(=NC)NCCc2c[nH]c3cc(F)ccc23)c1.I. The van der Waals surface area contributed by atoms with E-state index in [0.29, 0.717) is 31.3 Å². The number of aromatic nitrogens is 1. The van der Waals surface area contributed by atoms with Gasteiger partial charge in [0.05, 0.1) is 0 Å². The Morgan fingerprint density at radius 1 is 1.16 bits per heavy atom. The van der Waals surface area contributed by atoms with Crippen LogP contribution >= 0.6 is 24.0 Å². The Bertz CT molecular complexity index is 1050. The van der Waals surface area contributed by atoms with E-state index in [2.05, 4.69) is 25.9 Å². The van der Waals surface area contributed by atoms with E-state index in [-0.39, 0.29) is 42.3 Å². The number of guanidine groups is 1. The van der Waals surface area contributed by atoms with Gasteiger partial charge in [0.25, 0.3) is 5.91 Å². The van der Waals surface area contributed by atoms with Crippen LogP contribution < -0.4 is 20.7 Å². The van der Waals surface area contributed by atoms with Crippen LogP contribution in [0.1, 0.15) is 18.1 Å². The number of hydrogen-bond donors (Lipinski definition) is 4. The molecule has 0 aliphatic rings. The first kappa shape index (κ1) is 25.4. The van der Waals surface area contributed by atoms with Gasteiger partial charge in [-0.3, -0.25) is 9.79 Å². The third-order valence-electron chi connectivity index (χ3n) is 4.74. The highest BCUT2D eigenvalue weighted by Gasteiger charge is 2.06. The van der Waals surface area contributed by atoms with Crippen LogP contribution in [0.4, 0.5) is 4.39 Å². The minimum atomic E-state index is -0.248. The van der Waals surface area contributed by atoms with Gasteiger partial charge in [-0.05, 0) is 54.8 Å². The zero-order valence-corrected chi connectivity index (χ0v) is 20.5. The number of nitrogens with one attached hydrogen (secondary N) is 4. The molecule has 0 radical (unpaired) electrons. The van der Waals surface area contributed by atoms with Crippen LogP contribution in [0, 0.1) is 5.82 Å². The fourth-order valence-electron chi connectivity index (χ4n) is 3.23. The number of carbonyl (C=O) groups is 1. The highest BCUT2D eigenvalue weighted by Crippen LogP contribution is 2.19. The summed E-state index contributed by atoms with van der Waals surface area (Å²) in [6, 6.07) is 12.4. The Morgan fingerprint density at radius 3 is 2.78 bits per heavy atom. The van der Waals surface area contributed by atoms with E-state index in [1.165, 1.54) is 12.1 Å². The normalized spacial score (nSPS) is 11.0. The molecule has 0 aliphatic carbocycles. The van der Waals surface area contributed by atoms with Crippen LogP contribution in [0.2, 0.25) is 0 Å². The van der Waals surface area contributed by atoms with Crippen LogP contribution in [-0.2, 0) is 17.8 Å². The van der Waals surface area contributed by atoms with Crippen molar-refractivity contribution < 1.29 is 13.9 Å². The molecule has 3 rings (SSSR count). The number of ether oxygens (including phenoxy) is 1. The topological polar surface area (TPSA) is 90.5 Å². The molecule has 172 valence electrons. The number of halogens is 2. The van der Waals surface area contributed by atoms with E-state index in [9.17, 15) is 9.18 Å². The summed E-state index contributed by atoms with van der Waals surface area (Å²) in [7, 11) is 1.72. The predicted molar refractivity (Wildman–Crippen MR) is 136 cm³/mol. The molecule has 0 bridgehead atoms. The molecular formula is C23H29FIN5O2. The molecule has 2 aromatic carbocycles. The molecule has 3 aromatic rings. The maximum atomic E-state index is 13.3. The molecule has 0 saturated heterocycles. The molecule has 4 N–H and O–H groups in total. The van der Waals surface area contributed by atoms with Gasteiger partial charge in [-0.1, -0.05) is 12.1 Å². The van der Waals surface area contributed by atoms with Crippen molar-refractivity contribution in [2.75, 3.05) is 26.7 Å². The fraction of sp³-hybridized carbons (Fsp3) is 0.304. The summed E-state index contributed by atoms with van der Waals surface area (Å²) >= 11 is 0. The van der Waals surface area contributed by atoms with E-state index in [4.69, 9.17) is 4.74 Å². The summed E-state index contributed by atoms with van der Waals surface area (Å²) in [5.41, 5.74) is 2.93. The van der Waals surface area contributed by atoms with Crippen LogP contribution in [0.15, 0.2) is 53.7 Å². The second kappa shape index (κ2) is 12.9. The first-order chi connectivity index (χ1) is 15.1. The summed E-state index contributed by atoms with van der Waals surface area (Å²) in [6.45, 7) is 3.68. The molecule has 0 unspecified atom stereocenters. The Kier molecular flexibility index (Phi) is 10.3. The molecule has 0 fully saturated rings. The molecule has 0 atom stereocenters. The monoisotopic (exact) mass is 553 g/mol. The molecule has 0 aliphatic heterocycles. The van der Waals surface area contributed by atoms with Crippen molar-refractivity contribution in [1.82, 2.24) is 20.9 Å². The average Bonchev–Trinajstić information content (AvgIpc) is 3.17. The molecule has 1 aromatic heterocycles. The summed E-state index contributed by atoms with van der Waals surface area (Å²) in [5, 5.41) is 10.3. The number of H-pyrrole nitrogens is 1. The van der Waals surface area contributed by atoms with Crippen molar-refractivity contribution in [3.63, 3.8) is 0 Å². The molecule has 7 nitrogen and oxygen atoms in total. The zero-order chi connectivity index (χ0) is 22.1. The first-order valence-corrected chi connectivity index (χ1v) is 10.3. The molecule has 1 amide bonds.